The summed E-state index contributed by atoms with van der Waals surface area (Å²) in [5.74, 6) is 0.959. The molecule has 6 heteroatoms. The summed E-state index contributed by atoms with van der Waals surface area (Å²) in [7, 11) is 0. The van der Waals surface area contributed by atoms with Gasteiger partial charge in [-0.05, 0) is 49.7 Å². The van der Waals surface area contributed by atoms with Crippen LogP contribution in [0.2, 0.25) is 0 Å². The molecule has 0 aliphatic heterocycles. The number of nitrogens with zero attached hydrogens (tertiary/aromatic N) is 1. The molecule has 0 saturated heterocycles. The van der Waals surface area contributed by atoms with Gasteiger partial charge in [-0.3, -0.25) is 4.79 Å². The van der Waals surface area contributed by atoms with Gasteiger partial charge in [0.1, 0.15) is 17.6 Å². The zero-order chi connectivity index (χ0) is 18.5. The Bertz CT molecular complexity index is 890. The molecule has 1 heterocycles. The average Bonchev–Trinajstić information content (AvgIpc) is 3.12. The van der Waals surface area contributed by atoms with Crippen molar-refractivity contribution < 1.29 is 18.3 Å². The number of nitrogens with one attached hydrogen (secondary N) is 1. The predicted molar refractivity (Wildman–Crippen MR) is 95.1 cm³/mol. The van der Waals surface area contributed by atoms with E-state index in [1.54, 1.807) is 25.3 Å². The number of para-hydroxylation sites is 1. The van der Waals surface area contributed by atoms with Gasteiger partial charge in [-0.15, -0.1) is 0 Å². The maximum Gasteiger partial charge on any atom is 0.258 e. The first-order valence-electron chi connectivity index (χ1n) is 8.22. The first-order chi connectivity index (χ1) is 12.5. The van der Waals surface area contributed by atoms with Crippen LogP contribution in [0, 0.1) is 12.7 Å². The Morgan fingerprint density at radius 3 is 2.69 bits per heavy atom. The maximum atomic E-state index is 13.0. The fraction of sp³-hybridized carbons (Fsp3) is 0.200. The second kappa shape index (κ2) is 7.82. The van der Waals surface area contributed by atoms with Crippen LogP contribution in [0.1, 0.15) is 24.4 Å². The summed E-state index contributed by atoms with van der Waals surface area (Å²) in [4.78, 5) is 16.3. The summed E-state index contributed by atoms with van der Waals surface area (Å²) in [5, 5.41) is 2.78. The Morgan fingerprint density at radius 2 is 1.96 bits per heavy atom. The van der Waals surface area contributed by atoms with Gasteiger partial charge in [-0.1, -0.05) is 18.2 Å². The van der Waals surface area contributed by atoms with Crippen LogP contribution >= 0.6 is 0 Å². The van der Waals surface area contributed by atoms with E-state index in [0.29, 0.717) is 23.0 Å². The van der Waals surface area contributed by atoms with Crippen molar-refractivity contribution in [3.8, 4) is 17.1 Å². The standard InChI is InChI=1S/C20H19FN2O3/c1-13-5-3-4-6-17(13)25-12-19(24)23-14(2)20-22-11-18(26-20)15-7-9-16(21)10-8-15/h3-11,14H,12H2,1-2H3,(H,23,24). The molecule has 134 valence electrons. The molecule has 26 heavy (non-hydrogen) atoms. The molecule has 0 aliphatic carbocycles. The minimum atomic E-state index is -0.419. The Balaban J connectivity index is 1.58. The van der Waals surface area contributed by atoms with Crippen molar-refractivity contribution in [2.75, 3.05) is 6.61 Å². The first-order valence-corrected chi connectivity index (χ1v) is 8.22. The molecule has 0 spiro atoms. The number of carbonyl (C=O) groups excluding carboxylic acids is 1. The smallest absolute Gasteiger partial charge is 0.258 e. The van der Waals surface area contributed by atoms with Crippen molar-refractivity contribution in [1.29, 1.82) is 0 Å². The third kappa shape index (κ3) is 4.27. The molecule has 3 rings (SSSR count). The minimum absolute atomic E-state index is 0.0965. The quantitative estimate of drug-likeness (QED) is 0.725. The van der Waals surface area contributed by atoms with E-state index in [1.165, 1.54) is 12.1 Å². The lowest BCUT2D eigenvalue weighted by Crippen LogP contribution is -2.31. The summed E-state index contributed by atoms with van der Waals surface area (Å²) in [6, 6.07) is 13.0. The fourth-order valence-corrected chi connectivity index (χ4v) is 2.44. The first kappa shape index (κ1) is 17.7. The van der Waals surface area contributed by atoms with E-state index < -0.39 is 6.04 Å². The number of hydrogen-bond donors (Lipinski definition) is 1. The number of carbonyl (C=O) groups is 1. The van der Waals surface area contributed by atoms with Crippen LogP contribution < -0.4 is 10.1 Å². The minimum Gasteiger partial charge on any atom is -0.484 e. The number of rotatable bonds is 6. The van der Waals surface area contributed by atoms with Crippen LogP contribution in [0.15, 0.2) is 59.1 Å². The number of aromatic nitrogens is 1. The highest BCUT2D eigenvalue weighted by atomic mass is 19.1. The van der Waals surface area contributed by atoms with Crippen LogP contribution in [0.4, 0.5) is 4.39 Å². The summed E-state index contributed by atoms with van der Waals surface area (Å²) in [5.41, 5.74) is 1.68. The second-order valence-corrected chi connectivity index (χ2v) is 5.91. The number of aryl methyl sites for hydroxylation is 1. The number of benzene rings is 2. The normalized spacial score (nSPS) is 11.8. The highest BCUT2D eigenvalue weighted by Crippen LogP contribution is 2.23. The number of halogens is 1. The highest BCUT2D eigenvalue weighted by molar-refractivity contribution is 5.77. The second-order valence-electron chi connectivity index (χ2n) is 5.91. The summed E-state index contributed by atoms with van der Waals surface area (Å²) in [6.45, 7) is 3.59. The van der Waals surface area contributed by atoms with Crippen molar-refractivity contribution in [2.45, 2.75) is 19.9 Å². The van der Waals surface area contributed by atoms with Crippen molar-refractivity contribution in [3.05, 3.63) is 72.0 Å². The van der Waals surface area contributed by atoms with Gasteiger partial charge in [0.15, 0.2) is 12.4 Å². The van der Waals surface area contributed by atoms with Crippen LogP contribution in [0.5, 0.6) is 5.75 Å². The molecule has 2 aromatic carbocycles. The van der Waals surface area contributed by atoms with Gasteiger partial charge in [0.2, 0.25) is 5.89 Å². The van der Waals surface area contributed by atoms with Gasteiger partial charge in [0.25, 0.3) is 5.91 Å². The number of hydrogen-bond acceptors (Lipinski definition) is 4. The molecular weight excluding hydrogens is 335 g/mol. The summed E-state index contributed by atoms with van der Waals surface area (Å²) >= 11 is 0. The van der Waals surface area contributed by atoms with Crippen molar-refractivity contribution >= 4 is 5.91 Å². The Kier molecular flexibility index (Phi) is 5.31. The molecule has 0 fully saturated rings. The van der Waals surface area contributed by atoms with E-state index in [-0.39, 0.29) is 18.3 Å². The zero-order valence-electron chi connectivity index (χ0n) is 14.5. The molecule has 0 saturated carbocycles. The van der Waals surface area contributed by atoms with E-state index in [0.717, 1.165) is 5.56 Å². The van der Waals surface area contributed by atoms with Crippen LogP contribution in [-0.2, 0) is 4.79 Å². The molecule has 1 amide bonds. The van der Waals surface area contributed by atoms with E-state index in [9.17, 15) is 9.18 Å². The lowest BCUT2D eigenvalue weighted by molar-refractivity contribution is -0.123. The van der Waals surface area contributed by atoms with Gasteiger partial charge in [0.05, 0.1) is 6.20 Å². The molecule has 1 aromatic heterocycles. The Labute approximate surface area is 150 Å². The van der Waals surface area contributed by atoms with Gasteiger partial charge in [0, 0.05) is 5.56 Å². The SMILES string of the molecule is Cc1ccccc1OCC(=O)NC(C)c1ncc(-c2ccc(F)cc2)o1. The van der Waals surface area contributed by atoms with Gasteiger partial charge < -0.3 is 14.5 Å². The third-order valence-electron chi connectivity index (χ3n) is 3.85. The van der Waals surface area contributed by atoms with Crippen molar-refractivity contribution in [3.63, 3.8) is 0 Å². The van der Waals surface area contributed by atoms with Crippen LogP contribution in [0.3, 0.4) is 0 Å². The van der Waals surface area contributed by atoms with Gasteiger partial charge in [-0.25, -0.2) is 9.37 Å². The van der Waals surface area contributed by atoms with Crippen molar-refractivity contribution in [1.82, 2.24) is 10.3 Å². The molecule has 0 radical (unpaired) electrons. The topological polar surface area (TPSA) is 64.4 Å². The lowest BCUT2D eigenvalue weighted by atomic mass is 10.2. The maximum absolute atomic E-state index is 13.0. The van der Waals surface area contributed by atoms with E-state index in [4.69, 9.17) is 9.15 Å². The molecule has 1 unspecified atom stereocenters. The zero-order valence-corrected chi connectivity index (χ0v) is 14.5. The summed E-state index contributed by atoms with van der Waals surface area (Å²) < 4.78 is 24.2. The van der Waals surface area contributed by atoms with Gasteiger partial charge in [-0.2, -0.15) is 0 Å². The van der Waals surface area contributed by atoms with Crippen LogP contribution in [-0.4, -0.2) is 17.5 Å². The molecule has 3 aromatic rings. The van der Waals surface area contributed by atoms with E-state index in [1.807, 2.05) is 31.2 Å². The molecular formula is C20H19FN2O3. The fourth-order valence-electron chi connectivity index (χ4n) is 2.44. The predicted octanol–water partition coefficient (Wildman–Crippen LogP) is 4.05. The monoisotopic (exact) mass is 354 g/mol. The Morgan fingerprint density at radius 1 is 1.23 bits per heavy atom. The summed E-state index contributed by atoms with van der Waals surface area (Å²) in [6.07, 6.45) is 1.55. The molecule has 0 aliphatic rings. The van der Waals surface area contributed by atoms with Crippen LogP contribution in [0.25, 0.3) is 11.3 Å². The number of oxazole rings is 1. The van der Waals surface area contributed by atoms with E-state index in [2.05, 4.69) is 10.3 Å². The number of ether oxygens (including phenoxy) is 1. The van der Waals surface area contributed by atoms with Crippen molar-refractivity contribution in [2.24, 2.45) is 0 Å². The molecule has 0 bridgehead atoms. The highest BCUT2D eigenvalue weighted by Gasteiger charge is 2.16. The van der Waals surface area contributed by atoms with E-state index >= 15 is 0 Å². The molecule has 1 atom stereocenters. The molecule has 1 N–H and O–H groups in total. The largest absolute Gasteiger partial charge is 0.484 e. The Hall–Kier alpha value is -3.15. The lowest BCUT2D eigenvalue weighted by Gasteiger charge is -2.12. The van der Waals surface area contributed by atoms with Gasteiger partial charge >= 0.3 is 0 Å². The average molecular weight is 354 g/mol. The number of amides is 1. The third-order valence-corrected chi connectivity index (χ3v) is 3.85. The molecule has 5 nitrogen and oxygen atoms in total.